The second-order valence-electron chi connectivity index (χ2n) is 25.4. The standard InChI is InChI=1S/C95H68O4S2Si2/c1-102(90(77-37-19-6-20-38-77)86(73-29-11-2-12-30-73)87(74-31-13-3-14-32-74)91(102)78-39-21-7-22-40-78)65-63-69-51-59-83(60-52-69)98-94(96)81-55-47-71(48-56-81)67-100-101-68-72-49-57-82(58-50-72)95(97)99-84-61-53-70(54-62-84)64-66-103(85-45-27-10-28-46-85)92(79-41-23-8-24-42-79)88(75-33-15-4-16-34-75)89(76-35-17-5-18-36-76)93(103)80-43-25-9-26-44-80/h2-62H,67-68H2,1H3. The number of ether oxygens (including phenoxy) is 2. The van der Waals surface area contributed by atoms with Gasteiger partial charge >= 0.3 is 11.9 Å². The lowest BCUT2D eigenvalue weighted by Crippen LogP contribution is -2.49. The second-order valence-corrected chi connectivity index (χ2v) is 34.7. The summed E-state index contributed by atoms with van der Waals surface area (Å²) in [6, 6.07) is 127. The minimum absolute atomic E-state index is 0.429. The van der Waals surface area contributed by atoms with Crippen molar-refractivity contribution in [1.29, 1.82) is 0 Å². The summed E-state index contributed by atoms with van der Waals surface area (Å²) in [5.74, 6) is 8.87. The van der Waals surface area contributed by atoms with E-state index in [1.54, 1.807) is 21.6 Å². The van der Waals surface area contributed by atoms with Gasteiger partial charge in [-0.2, -0.15) is 0 Å². The van der Waals surface area contributed by atoms with Crippen molar-refractivity contribution in [2.75, 3.05) is 0 Å². The maximum Gasteiger partial charge on any atom is 0.343 e. The van der Waals surface area contributed by atoms with Crippen LogP contribution in [-0.2, 0) is 11.5 Å². The SMILES string of the molecule is C[Si]1(C#Cc2ccc(OC(=O)c3ccc(CSSCc4ccc(C(=O)Oc5ccc(C#C[Si]6(c7ccccc7)C(c7ccccc7)=C(c7ccccc7)C(c7ccccc7)=C6c6ccccc6)cc5)cc4)cc3)cc2)C(c2ccccc2)=C(c2ccccc2)C(c2ccccc2)=C1c1ccccc1. The molecule has 0 fully saturated rings. The zero-order chi connectivity index (χ0) is 69.8. The Morgan fingerprint density at radius 1 is 0.291 bits per heavy atom. The lowest BCUT2D eigenvalue weighted by molar-refractivity contribution is 0.0725. The first-order valence-corrected chi connectivity index (χ1v) is 41.4. The molecular formula is C95H68O4S2Si2. The Balaban J connectivity index is 0.591. The molecule has 0 aromatic heterocycles. The number of carbonyl (C=O) groups is 2. The van der Waals surface area contributed by atoms with Gasteiger partial charge in [-0.25, -0.2) is 9.59 Å². The number of benzene rings is 13. The van der Waals surface area contributed by atoms with Crippen LogP contribution in [0.4, 0.5) is 0 Å². The number of rotatable bonds is 18. The predicted molar refractivity (Wildman–Crippen MR) is 434 cm³/mol. The van der Waals surface area contributed by atoms with Crippen molar-refractivity contribution in [3.05, 3.63) is 448 Å². The van der Waals surface area contributed by atoms with Crippen LogP contribution in [0.25, 0.3) is 43.1 Å². The number of hydrogen-bond donors (Lipinski definition) is 0. The molecule has 0 unspecified atom stereocenters. The molecule has 0 bridgehead atoms. The highest BCUT2D eigenvalue weighted by Gasteiger charge is 2.52. The van der Waals surface area contributed by atoms with Gasteiger partial charge in [-0.05, 0) is 177 Å². The van der Waals surface area contributed by atoms with Crippen LogP contribution in [0.5, 0.6) is 11.5 Å². The minimum Gasteiger partial charge on any atom is -0.423 e. The highest BCUT2D eigenvalue weighted by atomic mass is 33.1. The summed E-state index contributed by atoms with van der Waals surface area (Å²) in [7, 11) is -2.71. The fourth-order valence-corrected chi connectivity index (χ4v) is 24.9. The van der Waals surface area contributed by atoms with Gasteiger partial charge in [-0.1, -0.05) is 337 Å². The summed E-state index contributed by atoms with van der Waals surface area (Å²) >= 11 is 0. The molecule has 13 aromatic carbocycles. The van der Waals surface area contributed by atoms with Gasteiger partial charge in [0.25, 0.3) is 0 Å². The van der Waals surface area contributed by atoms with E-state index in [1.165, 1.54) is 59.4 Å². The van der Waals surface area contributed by atoms with Gasteiger partial charge in [0.05, 0.1) is 11.1 Å². The highest BCUT2D eigenvalue weighted by Crippen LogP contribution is 2.57. The fourth-order valence-electron chi connectivity index (χ4n) is 14.1. The molecule has 13 aromatic rings. The zero-order valence-corrected chi connectivity index (χ0v) is 60.2. The van der Waals surface area contributed by atoms with Gasteiger partial charge in [0.2, 0.25) is 8.07 Å². The molecule has 15 rings (SSSR count). The normalized spacial score (nSPS) is 13.6. The van der Waals surface area contributed by atoms with Crippen LogP contribution in [0, 0.1) is 22.9 Å². The maximum atomic E-state index is 13.7. The van der Waals surface area contributed by atoms with E-state index < -0.39 is 28.1 Å². The average molecular weight is 1390 g/mol. The van der Waals surface area contributed by atoms with Crippen LogP contribution in [0.1, 0.15) is 87.5 Å². The van der Waals surface area contributed by atoms with Crippen molar-refractivity contribution in [2.45, 2.75) is 18.1 Å². The Kier molecular flexibility index (Phi) is 20.0. The van der Waals surface area contributed by atoms with Gasteiger partial charge in [0, 0.05) is 22.6 Å². The predicted octanol–water partition coefficient (Wildman–Crippen LogP) is 22.1. The molecule has 8 heteroatoms. The molecule has 0 aliphatic carbocycles. The lowest BCUT2D eigenvalue weighted by Gasteiger charge is -2.30. The van der Waals surface area contributed by atoms with Crippen molar-refractivity contribution in [2.24, 2.45) is 0 Å². The summed E-state index contributed by atoms with van der Waals surface area (Å²) < 4.78 is 11.9. The van der Waals surface area contributed by atoms with Gasteiger partial charge in [-0.3, -0.25) is 0 Å². The van der Waals surface area contributed by atoms with Gasteiger partial charge in [0.15, 0.2) is 8.07 Å². The second kappa shape index (κ2) is 30.9. The third-order valence-corrected chi connectivity index (χ3v) is 29.1. The molecule has 103 heavy (non-hydrogen) atoms. The Labute approximate surface area is 613 Å². The Bertz CT molecular complexity index is 5260. The Morgan fingerprint density at radius 2 is 0.553 bits per heavy atom. The minimum atomic E-state index is -3.29. The van der Waals surface area contributed by atoms with E-state index >= 15 is 0 Å². The number of allylic oxidation sites excluding steroid dienone is 4. The third kappa shape index (κ3) is 14.3. The van der Waals surface area contributed by atoms with E-state index in [1.807, 2.05) is 97.1 Å². The molecule has 492 valence electrons. The van der Waals surface area contributed by atoms with Gasteiger partial charge < -0.3 is 9.47 Å². The molecule has 0 radical (unpaired) electrons. The van der Waals surface area contributed by atoms with Crippen LogP contribution in [0.15, 0.2) is 370 Å². The topological polar surface area (TPSA) is 52.6 Å². The molecule has 2 heterocycles. The summed E-state index contributed by atoms with van der Waals surface area (Å²) in [4.78, 5) is 27.2. The smallest absolute Gasteiger partial charge is 0.343 e. The number of hydrogen-bond acceptors (Lipinski definition) is 6. The number of esters is 2. The molecule has 0 N–H and O–H groups in total. The highest BCUT2D eigenvalue weighted by molar-refractivity contribution is 8.76. The summed E-state index contributed by atoms with van der Waals surface area (Å²) in [5.41, 5.74) is 26.9. The average Bonchev–Trinajstić information content (AvgIpc) is 1.55. The van der Waals surface area contributed by atoms with Crippen LogP contribution >= 0.6 is 21.6 Å². The van der Waals surface area contributed by atoms with Gasteiger partial charge in [0.1, 0.15) is 11.5 Å². The van der Waals surface area contributed by atoms with Crippen molar-refractivity contribution in [3.8, 4) is 34.4 Å². The molecule has 0 saturated heterocycles. The van der Waals surface area contributed by atoms with Crippen molar-refractivity contribution >= 4 is 97.9 Å². The van der Waals surface area contributed by atoms with Gasteiger partial charge in [-0.15, -0.1) is 11.1 Å². The molecule has 0 saturated carbocycles. The van der Waals surface area contributed by atoms with E-state index in [0.29, 0.717) is 22.6 Å². The summed E-state index contributed by atoms with van der Waals surface area (Å²) in [5, 5.41) is 6.25. The summed E-state index contributed by atoms with van der Waals surface area (Å²) in [6.07, 6.45) is 0. The van der Waals surface area contributed by atoms with Crippen LogP contribution in [-0.4, -0.2) is 28.1 Å². The van der Waals surface area contributed by atoms with E-state index in [0.717, 1.165) is 67.1 Å². The van der Waals surface area contributed by atoms with E-state index in [-0.39, 0.29) is 0 Å². The maximum absolute atomic E-state index is 13.7. The first-order chi connectivity index (χ1) is 50.8. The summed E-state index contributed by atoms with van der Waals surface area (Å²) in [6.45, 7) is 2.39. The number of carbonyl (C=O) groups excluding carboxylic acids is 2. The molecule has 2 aliphatic heterocycles. The molecule has 0 amide bonds. The fraction of sp³-hybridized carbons (Fsp3) is 0.0316. The van der Waals surface area contributed by atoms with Crippen molar-refractivity contribution in [1.82, 2.24) is 0 Å². The first-order valence-electron chi connectivity index (χ1n) is 34.4. The van der Waals surface area contributed by atoms with E-state index in [2.05, 4.69) is 302 Å². The Morgan fingerprint density at radius 3 is 0.864 bits per heavy atom. The lowest BCUT2D eigenvalue weighted by atomic mass is 9.89. The van der Waals surface area contributed by atoms with Crippen molar-refractivity contribution in [3.63, 3.8) is 0 Å². The van der Waals surface area contributed by atoms with Crippen molar-refractivity contribution < 1.29 is 19.1 Å². The Hall–Kier alpha value is -12.0. The first kappa shape index (κ1) is 66.9. The van der Waals surface area contributed by atoms with Crippen LogP contribution < -0.4 is 14.7 Å². The van der Waals surface area contributed by atoms with Crippen LogP contribution in [0.3, 0.4) is 0 Å². The zero-order valence-electron chi connectivity index (χ0n) is 56.6. The van der Waals surface area contributed by atoms with E-state index in [9.17, 15) is 9.59 Å². The molecule has 0 atom stereocenters. The molecule has 0 spiro atoms. The molecular weight excluding hydrogens is 1330 g/mol. The monoisotopic (exact) mass is 1390 g/mol. The molecule has 4 nitrogen and oxygen atoms in total. The van der Waals surface area contributed by atoms with E-state index in [4.69, 9.17) is 9.47 Å². The third-order valence-electron chi connectivity index (χ3n) is 18.9. The van der Waals surface area contributed by atoms with Crippen LogP contribution in [0.2, 0.25) is 6.55 Å². The molecule has 2 aliphatic rings. The largest absolute Gasteiger partial charge is 0.423 e. The quantitative estimate of drug-likeness (QED) is 0.0213.